The molecule has 19 heavy (non-hydrogen) atoms. The van der Waals surface area contributed by atoms with Crippen LogP contribution in [0.15, 0.2) is 0 Å². The van der Waals surface area contributed by atoms with Gasteiger partial charge in [-0.25, -0.2) is 0 Å². The van der Waals surface area contributed by atoms with Gasteiger partial charge in [0.25, 0.3) is 0 Å². The van der Waals surface area contributed by atoms with Crippen molar-refractivity contribution < 1.29 is 4.79 Å². The molecule has 0 aromatic carbocycles. The minimum atomic E-state index is 0. The lowest BCUT2D eigenvalue weighted by atomic mass is 10.0. The normalized spacial score (nSPS) is 22.2. The first-order valence-electron chi connectivity index (χ1n) is 7.78. The van der Waals surface area contributed by atoms with Crippen LogP contribution in [0.4, 0.5) is 0 Å². The van der Waals surface area contributed by atoms with Crippen molar-refractivity contribution in [3.8, 4) is 0 Å². The summed E-state index contributed by atoms with van der Waals surface area (Å²) < 4.78 is 0. The van der Waals surface area contributed by atoms with Gasteiger partial charge >= 0.3 is 0 Å². The fraction of sp³-hybridized carbons (Fsp3) is 0.933. The van der Waals surface area contributed by atoms with Crippen molar-refractivity contribution in [1.82, 2.24) is 10.6 Å². The van der Waals surface area contributed by atoms with Crippen molar-refractivity contribution in [3.05, 3.63) is 0 Å². The van der Waals surface area contributed by atoms with Gasteiger partial charge in [0.2, 0.25) is 5.91 Å². The maximum atomic E-state index is 11.9. The molecule has 2 N–H and O–H groups in total. The largest absolute Gasteiger partial charge is 0.354 e. The maximum Gasteiger partial charge on any atom is 0.226 e. The van der Waals surface area contributed by atoms with Crippen LogP contribution in [-0.2, 0) is 4.79 Å². The fourth-order valence-corrected chi connectivity index (χ4v) is 3.02. The Labute approximate surface area is 123 Å². The van der Waals surface area contributed by atoms with Crippen LogP contribution in [-0.4, -0.2) is 25.0 Å². The molecular formula is C15H29ClN2O. The number of carbonyl (C=O) groups is 1. The molecule has 112 valence electrons. The summed E-state index contributed by atoms with van der Waals surface area (Å²) >= 11 is 0. The molecule has 0 saturated heterocycles. The van der Waals surface area contributed by atoms with E-state index in [-0.39, 0.29) is 23.7 Å². The molecule has 0 bridgehead atoms. The highest BCUT2D eigenvalue weighted by Crippen LogP contribution is 2.48. The van der Waals surface area contributed by atoms with Gasteiger partial charge in [-0.15, -0.1) is 12.4 Å². The van der Waals surface area contributed by atoms with Crippen molar-refractivity contribution >= 4 is 18.3 Å². The summed E-state index contributed by atoms with van der Waals surface area (Å²) in [5.41, 5.74) is 0.0162. The zero-order valence-corrected chi connectivity index (χ0v) is 13.0. The van der Waals surface area contributed by atoms with Gasteiger partial charge in [-0.1, -0.05) is 32.6 Å². The van der Waals surface area contributed by atoms with Crippen LogP contribution in [0, 0.1) is 5.41 Å². The van der Waals surface area contributed by atoms with Crippen molar-refractivity contribution in [2.24, 2.45) is 5.41 Å². The van der Waals surface area contributed by atoms with E-state index < -0.39 is 0 Å². The van der Waals surface area contributed by atoms with Crippen LogP contribution in [0.3, 0.4) is 0 Å². The standard InChI is InChI=1S/C15H28N2O.ClH/c1-2-15(9-10-15)14(18)17-12-11-16-13-7-5-3-4-6-8-13;/h13,16H,2-12H2,1H3,(H,17,18);1H. The third kappa shape index (κ3) is 4.96. The molecule has 2 aliphatic rings. The van der Waals surface area contributed by atoms with Crippen molar-refractivity contribution in [3.63, 3.8) is 0 Å². The molecule has 0 aromatic rings. The molecule has 0 aromatic heterocycles. The second kappa shape index (κ2) is 8.11. The number of carbonyl (C=O) groups excluding carboxylic acids is 1. The predicted molar refractivity (Wildman–Crippen MR) is 81.7 cm³/mol. The van der Waals surface area contributed by atoms with E-state index in [1.165, 1.54) is 38.5 Å². The Morgan fingerprint density at radius 2 is 1.74 bits per heavy atom. The summed E-state index contributed by atoms with van der Waals surface area (Å²) in [6.45, 7) is 3.84. The van der Waals surface area contributed by atoms with E-state index in [1.54, 1.807) is 0 Å². The molecule has 0 heterocycles. The zero-order chi connectivity index (χ0) is 12.8. The van der Waals surface area contributed by atoms with Gasteiger partial charge < -0.3 is 10.6 Å². The average molecular weight is 289 g/mol. The molecule has 2 fully saturated rings. The number of amides is 1. The van der Waals surface area contributed by atoms with E-state index in [2.05, 4.69) is 17.6 Å². The Bertz CT molecular complexity index is 271. The van der Waals surface area contributed by atoms with Gasteiger partial charge in [0.1, 0.15) is 0 Å². The lowest BCUT2D eigenvalue weighted by Gasteiger charge is -2.17. The van der Waals surface area contributed by atoms with Crippen LogP contribution in [0.5, 0.6) is 0 Å². The zero-order valence-electron chi connectivity index (χ0n) is 12.2. The third-order valence-corrected chi connectivity index (χ3v) is 4.71. The quantitative estimate of drug-likeness (QED) is 0.583. The smallest absolute Gasteiger partial charge is 0.226 e. The SMILES string of the molecule is CCC1(C(=O)NCCNC2CCCCCC2)CC1.Cl. The molecule has 0 atom stereocenters. The molecule has 0 radical (unpaired) electrons. The van der Waals surface area contributed by atoms with E-state index in [1.807, 2.05) is 0 Å². The highest BCUT2D eigenvalue weighted by molar-refractivity contribution is 5.85. The van der Waals surface area contributed by atoms with Gasteiger partial charge in [0.05, 0.1) is 0 Å². The Hall–Kier alpha value is -0.280. The summed E-state index contributed by atoms with van der Waals surface area (Å²) in [5, 5.41) is 6.68. The minimum Gasteiger partial charge on any atom is -0.354 e. The highest BCUT2D eigenvalue weighted by Gasteiger charge is 2.47. The summed E-state index contributed by atoms with van der Waals surface area (Å²) in [4.78, 5) is 11.9. The number of rotatable bonds is 6. The van der Waals surface area contributed by atoms with Gasteiger partial charge in [-0.05, 0) is 32.1 Å². The van der Waals surface area contributed by atoms with Crippen LogP contribution in [0.1, 0.15) is 64.7 Å². The molecule has 0 spiro atoms. The second-order valence-corrected chi connectivity index (χ2v) is 6.03. The average Bonchev–Trinajstić information content (AvgIpc) is 3.19. The molecule has 1 amide bonds. The lowest BCUT2D eigenvalue weighted by Crippen LogP contribution is -2.39. The number of halogens is 1. The Balaban J connectivity index is 0.00000180. The van der Waals surface area contributed by atoms with Gasteiger partial charge in [0, 0.05) is 24.5 Å². The van der Waals surface area contributed by atoms with Crippen LogP contribution in [0.2, 0.25) is 0 Å². The first-order valence-corrected chi connectivity index (χ1v) is 7.78. The fourth-order valence-electron chi connectivity index (χ4n) is 3.02. The summed E-state index contributed by atoms with van der Waals surface area (Å²) in [6, 6.07) is 0.686. The van der Waals surface area contributed by atoms with E-state index >= 15 is 0 Å². The summed E-state index contributed by atoms with van der Waals surface area (Å²) in [5.74, 6) is 0.285. The highest BCUT2D eigenvalue weighted by atomic mass is 35.5. The van der Waals surface area contributed by atoms with Gasteiger partial charge in [-0.2, -0.15) is 0 Å². The molecule has 0 unspecified atom stereocenters. The van der Waals surface area contributed by atoms with Crippen molar-refractivity contribution in [1.29, 1.82) is 0 Å². The number of hydrogen-bond acceptors (Lipinski definition) is 2. The van der Waals surface area contributed by atoms with E-state index in [0.717, 1.165) is 32.4 Å². The first-order chi connectivity index (χ1) is 8.77. The monoisotopic (exact) mass is 288 g/mol. The Morgan fingerprint density at radius 1 is 1.11 bits per heavy atom. The topological polar surface area (TPSA) is 41.1 Å². The molecule has 2 rings (SSSR count). The molecular weight excluding hydrogens is 260 g/mol. The molecule has 2 aliphatic carbocycles. The molecule has 0 aliphatic heterocycles. The van der Waals surface area contributed by atoms with E-state index in [0.29, 0.717) is 6.04 Å². The van der Waals surface area contributed by atoms with Gasteiger partial charge in [-0.3, -0.25) is 4.79 Å². The predicted octanol–water partition coefficient (Wildman–Crippen LogP) is 3.03. The van der Waals surface area contributed by atoms with Crippen LogP contribution in [0.25, 0.3) is 0 Å². The second-order valence-electron chi connectivity index (χ2n) is 6.03. The first kappa shape index (κ1) is 16.8. The van der Waals surface area contributed by atoms with Crippen LogP contribution < -0.4 is 10.6 Å². The lowest BCUT2D eigenvalue weighted by molar-refractivity contribution is -0.126. The van der Waals surface area contributed by atoms with Crippen molar-refractivity contribution in [2.75, 3.05) is 13.1 Å². The van der Waals surface area contributed by atoms with Gasteiger partial charge in [0.15, 0.2) is 0 Å². The Kier molecular flexibility index (Phi) is 7.16. The van der Waals surface area contributed by atoms with E-state index in [4.69, 9.17) is 0 Å². The Morgan fingerprint density at radius 3 is 2.26 bits per heavy atom. The summed E-state index contributed by atoms with van der Waals surface area (Å²) in [7, 11) is 0. The van der Waals surface area contributed by atoms with Crippen LogP contribution >= 0.6 is 12.4 Å². The molecule has 4 heteroatoms. The minimum absolute atomic E-state index is 0. The molecule has 2 saturated carbocycles. The maximum absolute atomic E-state index is 11.9. The van der Waals surface area contributed by atoms with E-state index in [9.17, 15) is 4.79 Å². The number of hydrogen-bond donors (Lipinski definition) is 2. The third-order valence-electron chi connectivity index (χ3n) is 4.71. The van der Waals surface area contributed by atoms with Crippen molar-refractivity contribution in [2.45, 2.75) is 70.8 Å². The number of nitrogens with one attached hydrogen (secondary N) is 2. The summed E-state index contributed by atoms with van der Waals surface area (Å²) in [6.07, 6.45) is 11.3. The molecule has 3 nitrogen and oxygen atoms in total.